The Hall–Kier alpha value is -0.390. The molecule has 1 aromatic heterocycles. The molecule has 0 spiro atoms. The van der Waals surface area contributed by atoms with Crippen LogP contribution >= 0.6 is 33.9 Å². The van der Waals surface area contributed by atoms with Crippen molar-refractivity contribution in [3.05, 3.63) is 55.3 Å². The Morgan fingerprint density at radius 1 is 1.25 bits per heavy atom. The molecule has 0 radical (unpaired) electrons. The predicted octanol–water partition coefficient (Wildman–Crippen LogP) is 3.90. The molecule has 0 saturated carbocycles. The lowest BCUT2D eigenvalue weighted by atomic mass is 10.0. The normalized spacial score (nSPS) is 12.7. The average Bonchev–Trinajstić information content (AvgIpc) is 2.68. The number of benzene rings is 1. The molecule has 1 nitrogen and oxygen atoms in total. The van der Waals surface area contributed by atoms with Crippen molar-refractivity contribution in [2.45, 2.75) is 19.4 Å². The molecular formula is C13H14INS. The summed E-state index contributed by atoms with van der Waals surface area (Å²) < 4.78 is 1.27. The maximum Gasteiger partial charge on any atom is 0.0433 e. The lowest BCUT2D eigenvalue weighted by Crippen LogP contribution is -2.12. The second kappa shape index (κ2) is 5.29. The summed E-state index contributed by atoms with van der Waals surface area (Å²) in [6, 6.07) is 10.8. The van der Waals surface area contributed by atoms with Crippen LogP contribution in [0.1, 0.15) is 22.0 Å². The third-order valence-corrected chi connectivity index (χ3v) is 4.48. The topological polar surface area (TPSA) is 26.0 Å². The summed E-state index contributed by atoms with van der Waals surface area (Å²) in [5, 5.41) is 2.11. The minimum atomic E-state index is 0.125. The second-order valence-corrected chi connectivity index (χ2v) is 6.10. The van der Waals surface area contributed by atoms with E-state index in [2.05, 4.69) is 65.2 Å². The first-order chi connectivity index (χ1) is 7.66. The Bertz CT molecular complexity index is 461. The van der Waals surface area contributed by atoms with E-state index in [9.17, 15) is 0 Å². The zero-order chi connectivity index (χ0) is 11.5. The molecule has 0 saturated heterocycles. The highest BCUT2D eigenvalue weighted by molar-refractivity contribution is 14.1. The van der Waals surface area contributed by atoms with Gasteiger partial charge in [0.25, 0.3) is 0 Å². The maximum absolute atomic E-state index is 6.22. The van der Waals surface area contributed by atoms with Crippen LogP contribution in [0.3, 0.4) is 0 Å². The van der Waals surface area contributed by atoms with Crippen LogP contribution in [0, 0.1) is 10.5 Å². The lowest BCUT2D eigenvalue weighted by Gasteiger charge is -2.11. The van der Waals surface area contributed by atoms with Crippen LogP contribution in [0.4, 0.5) is 0 Å². The van der Waals surface area contributed by atoms with Gasteiger partial charge in [-0.3, -0.25) is 0 Å². The van der Waals surface area contributed by atoms with Crippen molar-refractivity contribution in [2.75, 3.05) is 0 Å². The highest BCUT2D eigenvalue weighted by Gasteiger charge is 2.10. The van der Waals surface area contributed by atoms with Crippen LogP contribution in [-0.2, 0) is 6.42 Å². The molecule has 0 aliphatic heterocycles. The molecule has 0 bridgehead atoms. The highest BCUT2D eigenvalue weighted by atomic mass is 127. The summed E-state index contributed by atoms with van der Waals surface area (Å²) in [5.74, 6) is 0. The van der Waals surface area contributed by atoms with Crippen LogP contribution in [0.25, 0.3) is 0 Å². The van der Waals surface area contributed by atoms with E-state index in [1.165, 1.54) is 19.6 Å². The van der Waals surface area contributed by atoms with E-state index in [4.69, 9.17) is 5.73 Å². The van der Waals surface area contributed by atoms with E-state index >= 15 is 0 Å². The summed E-state index contributed by atoms with van der Waals surface area (Å²) in [5.41, 5.74) is 8.83. The van der Waals surface area contributed by atoms with Crippen LogP contribution < -0.4 is 5.73 Å². The summed E-state index contributed by atoms with van der Waals surface area (Å²) in [6.07, 6.45) is 0.915. The number of thiophene rings is 1. The first-order valence-corrected chi connectivity index (χ1v) is 7.16. The molecule has 0 amide bonds. The van der Waals surface area contributed by atoms with Crippen molar-refractivity contribution in [1.82, 2.24) is 0 Å². The van der Waals surface area contributed by atoms with Crippen molar-refractivity contribution in [1.29, 1.82) is 0 Å². The number of rotatable bonds is 3. The summed E-state index contributed by atoms with van der Waals surface area (Å²) >= 11 is 4.07. The van der Waals surface area contributed by atoms with E-state index in [1.807, 2.05) is 0 Å². The average molecular weight is 343 g/mol. The van der Waals surface area contributed by atoms with Gasteiger partial charge in [0.1, 0.15) is 0 Å². The number of hydrogen-bond acceptors (Lipinski definition) is 2. The van der Waals surface area contributed by atoms with Gasteiger partial charge < -0.3 is 5.73 Å². The van der Waals surface area contributed by atoms with E-state index in [1.54, 1.807) is 11.3 Å². The highest BCUT2D eigenvalue weighted by Crippen LogP contribution is 2.25. The van der Waals surface area contributed by atoms with E-state index in [0.29, 0.717) is 0 Å². The zero-order valence-corrected chi connectivity index (χ0v) is 12.1. The van der Waals surface area contributed by atoms with E-state index in [-0.39, 0.29) is 6.04 Å². The molecule has 1 heterocycles. The Balaban J connectivity index is 2.10. The minimum absolute atomic E-state index is 0.125. The third-order valence-electron chi connectivity index (χ3n) is 2.61. The van der Waals surface area contributed by atoms with Crippen molar-refractivity contribution in [3.63, 3.8) is 0 Å². The molecule has 1 aromatic carbocycles. The van der Waals surface area contributed by atoms with Gasteiger partial charge in [-0.2, -0.15) is 0 Å². The van der Waals surface area contributed by atoms with Gasteiger partial charge in [-0.15, -0.1) is 11.3 Å². The molecule has 2 N–H and O–H groups in total. The van der Waals surface area contributed by atoms with Crippen LogP contribution in [0.2, 0.25) is 0 Å². The van der Waals surface area contributed by atoms with E-state index < -0.39 is 0 Å². The Labute approximate surface area is 114 Å². The van der Waals surface area contributed by atoms with Crippen molar-refractivity contribution >= 4 is 33.9 Å². The summed E-state index contributed by atoms with van der Waals surface area (Å²) in [7, 11) is 0. The van der Waals surface area contributed by atoms with Crippen LogP contribution in [-0.4, -0.2) is 0 Å². The molecule has 3 heteroatoms. The molecule has 2 aromatic rings. The fraction of sp³-hybridized carbons (Fsp3) is 0.231. The standard InChI is InChI=1S/C13H14INS/c1-9-6-7-16-13(9)12(15)8-10-2-4-11(14)5-3-10/h2-7,12H,8,15H2,1H3. The Kier molecular flexibility index (Phi) is 4.00. The molecule has 1 unspecified atom stereocenters. The van der Waals surface area contributed by atoms with Gasteiger partial charge in [0.05, 0.1) is 0 Å². The largest absolute Gasteiger partial charge is 0.323 e. The maximum atomic E-state index is 6.22. The van der Waals surface area contributed by atoms with Gasteiger partial charge in [-0.25, -0.2) is 0 Å². The van der Waals surface area contributed by atoms with Crippen molar-refractivity contribution in [2.24, 2.45) is 5.73 Å². The third kappa shape index (κ3) is 2.84. The van der Waals surface area contributed by atoms with Crippen molar-refractivity contribution in [3.8, 4) is 0 Å². The number of aryl methyl sites for hydroxylation is 1. The van der Waals surface area contributed by atoms with Crippen molar-refractivity contribution < 1.29 is 0 Å². The fourth-order valence-electron chi connectivity index (χ4n) is 1.73. The van der Waals surface area contributed by atoms with Gasteiger partial charge in [-0.05, 0) is 70.6 Å². The van der Waals surface area contributed by atoms with Crippen LogP contribution in [0.5, 0.6) is 0 Å². The fourth-order valence-corrected chi connectivity index (χ4v) is 3.02. The van der Waals surface area contributed by atoms with Gasteiger partial charge in [0.15, 0.2) is 0 Å². The van der Waals surface area contributed by atoms with Gasteiger partial charge >= 0.3 is 0 Å². The SMILES string of the molecule is Cc1ccsc1C(N)Cc1ccc(I)cc1. The van der Waals surface area contributed by atoms with Crippen LogP contribution in [0.15, 0.2) is 35.7 Å². The number of nitrogens with two attached hydrogens (primary N) is 1. The molecule has 0 aliphatic rings. The first kappa shape index (κ1) is 12.1. The number of hydrogen-bond donors (Lipinski definition) is 1. The van der Waals surface area contributed by atoms with E-state index in [0.717, 1.165) is 6.42 Å². The molecular weight excluding hydrogens is 329 g/mol. The van der Waals surface area contributed by atoms with Gasteiger partial charge in [0, 0.05) is 14.5 Å². The second-order valence-electron chi connectivity index (χ2n) is 3.90. The monoisotopic (exact) mass is 343 g/mol. The molecule has 0 aliphatic carbocycles. The molecule has 0 fully saturated rings. The molecule has 1 atom stereocenters. The van der Waals surface area contributed by atoms with Gasteiger partial charge in [0.2, 0.25) is 0 Å². The summed E-state index contributed by atoms with van der Waals surface area (Å²) in [4.78, 5) is 1.30. The predicted molar refractivity (Wildman–Crippen MR) is 78.8 cm³/mol. The quantitative estimate of drug-likeness (QED) is 0.841. The smallest absolute Gasteiger partial charge is 0.0433 e. The minimum Gasteiger partial charge on any atom is -0.323 e. The van der Waals surface area contributed by atoms with Gasteiger partial charge in [-0.1, -0.05) is 12.1 Å². The Morgan fingerprint density at radius 3 is 2.50 bits per heavy atom. The zero-order valence-electron chi connectivity index (χ0n) is 9.11. The number of halogens is 1. The lowest BCUT2D eigenvalue weighted by molar-refractivity contribution is 0.732. The molecule has 16 heavy (non-hydrogen) atoms. The summed E-state index contributed by atoms with van der Waals surface area (Å²) in [6.45, 7) is 2.12. The Morgan fingerprint density at radius 2 is 1.94 bits per heavy atom. The molecule has 2 rings (SSSR count). The first-order valence-electron chi connectivity index (χ1n) is 5.21. The molecule has 84 valence electrons.